The number of hydrogen-bond acceptors (Lipinski definition) is 5. The molecule has 116 valence electrons. The Kier molecular flexibility index (Phi) is 3.71. The molecule has 1 unspecified atom stereocenters. The van der Waals surface area contributed by atoms with Gasteiger partial charge in [-0.05, 0) is 19.1 Å². The molecule has 0 spiro atoms. The molecule has 1 aromatic carbocycles. The Morgan fingerprint density at radius 3 is 2.86 bits per heavy atom. The molecule has 1 N–H and O–H groups in total. The van der Waals surface area contributed by atoms with Crippen molar-refractivity contribution in [3.8, 4) is 0 Å². The highest BCUT2D eigenvalue weighted by Crippen LogP contribution is 2.20. The zero-order valence-corrected chi connectivity index (χ0v) is 13.0. The predicted octanol–water partition coefficient (Wildman–Crippen LogP) is 1.74. The molecule has 0 saturated heterocycles. The highest BCUT2D eigenvalue weighted by molar-refractivity contribution is 7.88. The van der Waals surface area contributed by atoms with E-state index in [-0.39, 0.29) is 11.8 Å². The third-order valence-electron chi connectivity index (χ3n) is 3.36. The first-order valence-electron chi connectivity index (χ1n) is 6.76. The fourth-order valence-corrected chi connectivity index (χ4v) is 3.59. The SMILES string of the molecule is CC(NS(=O)(=O)Cc1noc2ccccc12)c1cnn(C)c1. The van der Waals surface area contributed by atoms with Gasteiger partial charge in [-0.1, -0.05) is 17.3 Å². The molecule has 8 heteroatoms. The topological polar surface area (TPSA) is 90.0 Å². The summed E-state index contributed by atoms with van der Waals surface area (Å²) >= 11 is 0. The van der Waals surface area contributed by atoms with Crippen LogP contribution in [0.1, 0.15) is 24.2 Å². The minimum atomic E-state index is -3.54. The second kappa shape index (κ2) is 5.54. The third kappa shape index (κ3) is 3.02. The molecule has 0 bridgehead atoms. The van der Waals surface area contributed by atoms with Gasteiger partial charge in [0.05, 0.1) is 6.20 Å². The van der Waals surface area contributed by atoms with Crippen LogP contribution in [0.4, 0.5) is 0 Å². The molecule has 1 atom stereocenters. The summed E-state index contributed by atoms with van der Waals surface area (Å²) in [5.74, 6) is -0.228. The third-order valence-corrected chi connectivity index (χ3v) is 4.73. The Labute approximate surface area is 128 Å². The number of hydrogen-bond donors (Lipinski definition) is 1. The summed E-state index contributed by atoms with van der Waals surface area (Å²) in [6.45, 7) is 1.77. The number of nitrogens with one attached hydrogen (secondary N) is 1. The van der Waals surface area contributed by atoms with Gasteiger partial charge in [0.25, 0.3) is 0 Å². The van der Waals surface area contributed by atoms with Crippen molar-refractivity contribution >= 4 is 21.0 Å². The Balaban J connectivity index is 1.79. The van der Waals surface area contributed by atoms with Gasteiger partial charge in [0.15, 0.2) is 5.58 Å². The molecule has 3 aromatic rings. The summed E-state index contributed by atoms with van der Waals surface area (Å²) in [6.07, 6.45) is 3.41. The van der Waals surface area contributed by atoms with Crippen LogP contribution in [0.25, 0.3) is 11.0 Å². The van der Waals surface area contributed by atoms with E-state index in [2.05, 4.69) is 15.0 Å². The van der Waals surface area contributed by atoms with E-state index >= 15 is 0 Å². The summed E-state index contributed by atoms with van der Waals surface area (Å²) in [7, 11) is -1.76. The van der Waals surface area contributed by atoms with Gasteiger partial charge in [0.1, 0.15) is 11.4 Å². The fraction of sp³-hybridized carbons (Fsp3) is 0.286. The lowest BCUT2D eigenvalue weighted by Crippen LogP contribution is -2.28. The van der Waals surface area contributed by atoms with E-state index in [0.29, 0.717) is 16.7 Å². The molecule has 0 saturated carbocycles. The Hall–Kier alpha value is -2.19. The Morgan fingerprint density at radius 1 is 1.36 bits per heavy atom. The quantitative estimate of drug-likeness (QED) is 0.773. The molecule has 0 aliphatic heterocycles. The van der Waals surface area contributed by atoms with Crippen LogP contribution in [0.3, 0.4) is 0 Å². The van der Waals surface area contributed by atoms with Crippen molar-refractivity contribution in [3.05, 3.63) is 47.9 Å². The van der Waals surface area contributed by atoms with Gasteiger partial charge in [0, 0.05) is 30.2 Å². The molecule has 2 aromatic heterocycles. The smallest absolute Gasteiger partial charge is 0.218 e. The molecule has 0 aliphatic rings. The maximum atomic E-state index is 12.3. The Morgan fingerprint density at radius 2 is 2.14 bits per heavy atom. The van der Waals surface area contributed by atoms with Crippen LogP contribution in [0, 0.1) is 0 Å². The van der Waals surface area contributed by atoms with Crippen molar-refractivity contribution in [2.75, 3.05) is 0 Å². The standard InChI is InChI=1S/C14H16N4O3S/c1-10(11-7-15-18(2)8-11)17-22(19,20)9-13-12-5-3-4-6-14(12)21-16-13/h3-8,10,17H,9H2,1-2H3. The maximum Gasteiger partial charge on any atom is 0.218 e. The number of aromatic nitrogens is 3. The van der Waals surface area contributed by atoms with Gasteiger partial charge < -0.3 is 4.52 Å². The average molecular weight is 320 g/mol. The highest BCUT2D eigenvalue weighted by Gasteiger charge is 2.20. The molecule has 22 heavy (non-hydrogen) atoms. The summed E-state index contributed by atoms with van der Waals surface area (Å²) in [4.78, 5) is 0. The first-order chi connectivity index (χ1) is 10.4. The summed E-state index contributed by atoms with van der Waals surface area (Å²) in [6, 6.07) is 6.82. The summed E-state index contributed by atoms with van der Waals surface area (Å²) in [5.41, 5.74) is 1.78. The lowest BCUT2D eigenvalue weighted by molar-refractivity contribution is 0.448. The number of sulfonamides is 1. The minimum Gasteiger partial charge on any atom is -0.356 e. The van der Waals surface area contributed by atoms with E-state index in [4.69, 9.17) is 4.52 Å². The van der Waals surface area contributed by atoms with Crippen LogP contribution in [0.5, 0.6) is 0 Å². The summed E-state index contributed by atoms with van der Waals surface area (Å²) < 4.78 is 34.0. The molecule has 0 amide bonds. The van der Waals surface area contributed by atoms with Crippen LogP contribution in [-0.4, -0.2) is 23.4 Å². The molecule has 0 radical (unpaired) electrons. The maximum absolute atomic E-state index is 12.3. The number of rotatable bonds is 5. The molecule has 7 nitrogen and oxygen atoms in total. The van der Waals surface area contributed by atoms with Gasteiger partial charge >= 0.3 is 0 Å². The van der Waals surface area contributed by atoms with Crippen LogP contribution in [0.15, 0.2) is 41.2 Å². The number of nitrogens with zero attached hydrogens (tertiary/aromatic N) is 3. The van der Waals surface area contributed by atoms with Gasteiger partial charge in [-0.25, -0.2) is 13.1 Å². The zero-order valence-electron chi connectivity index (χ0n) is 12.2. The van der Waals surface area contributed by atoms with E-state index in [0.717, 1.165) is 5.56 Å². The van der Waals surface area contributed by atoms with Gasteiger partial charge in [-0.15, -0.1) is 0 Å². The van der Waals surface area contributed by atoms with Crippen molar-refractivity contribution < 1.29 is 12.9 Å². The first-order valence-corrected chi connectivity index (χ1v) is 8.42. The fourth-order valence-electron chi connectivity index (χ4n) is 2.26. The second-order valence-corrected chi connectivity index (χ2v) is 6.93. The molecule has 0 fully saturated rings. The monoisotopic (exact) mass is 320 g/mol. The number of aryl methyl sites for hydroxylation is 1. The number of benzene rings is 1. The van der Waals surface area contributed by atoms with Gasteiger partial charge in [-0.3, -0.25) is 4.68 Å². The number of fused-ring (bicyclic) bond motifs is 1. The Bertz CT molecular complexity index is 898. The molecule has 0 aliphatic carbocycles. The van der Waals surface area contributed by atoms with Gasteiger partial charge in [0.2, 0.25) is 10.0 Å². The van der Waals surface area contributed by atoms with Crippen LogP contribution in [0.2, 0.25) is 0 Å². The molecular weight excluding hydrogens is 304 g/mol. The lowest BCUT2D eigenvalue weighted by Gasteiger charge is -2.11. The van der Waals surface area contributed by atoms with Crippen molar-refractivity contribution in [2.45, 2.75) is 18.7 Å². The zero-order chi connectivity index (χ0) is 15.7. The van der Waals surface area contributed by atoms with E-state index in [9.17, 15) is 8.42 Å². The van der Waals surface area contributed by atoms with Crippen LogP contribution < -0.4 is 4.72 Å². The van der Waals surface area contributed by atoms with Crippen LogP contribution >= 0.6 is 0 Å². The lowest BCUT2D eigenvalue weighted by atomic mass is 10.2. The van der Waals surface area contributed by atoms with E-state index in [1.54, 1.807) is 43.2 Å². The van der Waals surface area contributed by atoms with E-state index in [1.165, 1.54) is 0 Å². The highest BCUT2D eigenvalue weighted by atomic mass is 32.2. The summed E-state index contributed by atoms with van der Waals surface area (Å²) in [5, 5.41) is 8.60. The average Bonchev–Trinajstić information content (AvgIpc) is 3.05. The first kappa shape index (κ1) is 14.7. The molecular formula is C14H16N4O3S. The largest absolute Gasteiger partial charge is 0.356 e. The van der Waals surface area contributed by atoms with Crippen molar-refractivity contribution in [2.24, 2.45) is 7.05 Å². The van der Waals surface area contributed by atoms with Crippen molar-refractivity contribution in [3.63, 3.8) is 0 Å². The molecule has 2 heterocycles. The van der Waals surface area contributed by atoms with E-state index in [1.807, 2.05) is 12.1 Å². The number of para-hydroxylation sites is 1. The van der Waals surface area contributed by atoms with Crippen molar-refractivity contribution in [1.82, 2.24) is 19.7 Å². The van der Waals surface area contributed by atoms with Crippen molar-refractivity contribution in [1.29, 1.82) is 0 Å². The normalized spacial score (nSPS) is 13.5. The van der Waals surface area contributed by atoms with E-state index < -0.39 is 10.0 Å². The van der Waals surface area contributed by atoms with Gasteiger partial charge in [-0.2, -0.15) is 5.10 Å². The molecule has 3 rings (SSSR count). The minimum absolute atomic E-state index is 0.228. The van der Waals surface area contributed by atoms with Crippen LogP contribution in [-0.2, 0) is 22.8 Å². The predicted molar refractivity (Wildman–Crippen MR) is 81.4 cm³/mol. The second-order valence-electron chi connectivity index (χ2n) is 5.17.